The lowest BCUT2D eigenvalue weighted by Crippen LogP contribution is -1.94. The van der Waals surface area contributed by atoms with Crippen LogP contribution in [-0.2, 0) is 6.42 Å². The molecule has 0 unspecified atom stereocenters. The number of benzene rings is 1. The van der Waals surface area contributed by atoms with Crippen LogP contribution in [0.2, 0.25) is 15.1 Å². The minimum Gasteiger partial charge on any atom is -0.258 e. The lowest BCUT2D eigenvalue weighted by atomic mass is 10.0. The second-order valence-corrected chi connectivity index (χ2v) is 4.83. The van der Waals surface area contributed by atoms with Gasteiger partial charge in [-0.15, -0.1) is 0 Å². The van der Waals surface area contributed by atoms with Crippen LogP contribution in [0, 0.1) is 11.3 Å². The highest BCUT2D eigenvalue weighted by molar-refractivity contribution is 6.39. The van der Waals surface area contributed by atoms with Crippen molar-refractivity contribution in [2.45, 2.75) is 6.42 Å². The first kappa shape index (κ1) is 13.2. The largest absolute Gasteiger partial charge is 0.258 e. The highest BCUT2D eigenvalue weighted by atomic mass is 35.5. The monoisotopic (exact) mass is 296 g/mol. The summed E-state index contributed by atoms with van der Waals surface area (Å²) in [4.78, 5) is 4.15. The zero-order chi connectivity index (χ0) is 13.1. The van der Waals surface area contributed by atoms with Crippen molar-refractivity contribution in [2.24, 2.45) is 0 Å². The molecule has 0 bridgehead atoms. The van der Waals surface area contributed by atoms with Gasteiger partial charge in [0.1, 0.15) is 0 Å². The highest BCUT2D eigenvalue weighted by Gasteiger charge is 2.14. The van der Waals surface area contributed by atoms with Crippen LogP contribution >= 0.6 is 34.8 Å². The Morgan fingerprint density at radius 2 is 1.83 bits per heavy atom. The summed E-state index contributed by atoms with van der Waals surface area (Å²) in [5.74, 6) is 0. The van der Waals surface area contributed by atoms with Crippen LogP contribution in [0.25, 0.3) is 11.1 Å². The molecular weight excluding hydrogens is 291 g/mol. The molecule has 2 aromatic rings. The van der Waals surface area contributed by atoms with E-state index in [4.69, 9.17) is 40.1 Å². The zero-order valence-corrected chi connectivity index (χ0v) is 11.4. The van der Waals surface area contributed by atoms with Gasteiger partial charge >= 0.3 is 0 Å². The first-order valence-electron chi connectivity index (χ1n) is 5.09. The third-order valence-electron chi connectivity index (χ3n) is 2.42. The van der Waals surface area contributed by atoms with Crippen LogP contribution in [0.3, 0.4) is 0 Å². The van der Waals surface area contributed by atoms with E-state index in [0.717, 1.165) is 0 Å². The van der Waals surface area contributed by atoms with Crippen LogP contribution in [0.1, 0.15) is 5.69 Å². The number of rotatable bonds is 2. The summed E-state index contributed by atoms with van der Waals surface area (Å²) in [7, 11) is 0. The number of hydrogen-bond donors (Lipinski definition) is 0. The first-order chi connectivity index (χ1) is 8.63. The normalized spacial score (nSPS) is 10.1. The molecule has 0 spiro atoms. The molecular formula is C13H7Cl3N2. The molecule has 0 saturated heterocycles. The maximum atomic E-state index is 8.81. The van der Waals surface area contributed by atoms with Crippen LogP contribution in [-0.4, -0.2) is 4.98 Å². The molecule has 2 nitrogen and oxygen atoms in total. The molecule has 1 aromatic heterocycles. The summed E-state index contributed by atoms with van der Waals surface area (Å²) in [5, 5.41) is 10.3. The average molecular weight is 298 g/mol. The van der Waals surface area contributed by atoms with Gasteiger partial charge in [0, 0.05) is 27.4 Å². The Morgan fingerprint density at radius 1 is 1.17 bits per heavy atom. The van der Waals surface area contributed by atoms with Gasteiger partial charge in [0.2, 0.25) is 0 Å². The van der Waals surface area contributed by atoms with Gasteiger partial charge in [-0.1, -0.05) is 40.9 Å². The minimum absolute atomic E-state index is 0.175. The van der Waals surface area contributed by atoms with E-state index in [0.29, 0.717) is 31.9 Å². The second kappa shape index (κ2) is 5.58. The Morgan fingerprint density at radius 3 is 2.44 bits per heavy atom. The molecule has 18 heavy (non-hydrogen) atoms. The SMILES string of the molecule is N#CCc1ncc(Cl)cc1-c1c(Cl)cccc1Cl. The number of halogens is 3. The standard InChI is InChI=1S/C13H7Cl3N2/c14-8-6-9(12(4-5-17)18-7-8)13-10(15)2-1-3-11(13)16/h1-3,6-7H,4H2. The van der Waals surface area contributed by atoms with Gasteiger partial charge < -0.3 is 0 Å². The summed E-state index contributed by atoms with van der Waals surface area (Å²) < 4.78 is 0. The van der Waals surface area contributed by atoms with Crippen molar-refractivity contribution in [2.75, 3.05) is 0 Å². The van der Waals surface area contributed by atoms with E-state index >= 15 is 0 Å². The fourth-order valence-electron chi connectivity index (χ4n) is 1.65. The van der Waals surface area contributed by atoms with Gasteiger partial charge in [0.25, 0.3) is 0 Å². The fourth-order valence-corrected chi connectivity index (χ4v) is 2.41. The third kappa shape index (κ3) is 2.59. The van der Waals surface area contributed by atoms with Crippen molar-refractivity contribution in [3.63, 3.8) is 0 Å². The topological polar surface area (TPSA) is 36.7 Å². The summed E-state index contributed by atoms with van der Waals surface area (Å²) in [6, 6.07) is 9.01. The summed E-state index contributed by atoms with van der Waals surface area (Å²) >= 11 is 18.2. The number of pyridine rings is 1. The number of nitrogens with zero attached hydrogens (tertiary/aromatic N) is 2. The van der Waals surface area contributed by atoms with Gasteiger partial charge in [0.15, 0.2) is 0 Å². The van der Waals surface area contributed by atoms with Crippen molar-refractivity contribution < 1.29 is 0 Å². The smallest absolute Gasteiger partial charge is 0.0781 e. The summed E-state index contributed by atoms with van der Waals surface area (Å²) in [6.07, 6.45) is 1.68. The Bertz CT molecular complexity index is 612. The molecule has 1 aromatic carbocycles. The molecule has 0 aliphatic rings. The molecule has 0 amide bonds. The van der Waals surface area contributed by atoms with Gasteiger partial charge in [-0.05, 0) is 18.2 Å². The quantitative estimate of drug-likeness (QED) is 0.800. The third-order valence-corrected chi connectivity index (χ3v) is 3.25. The zero-order valence-electron chi connectivity index (χ0n) is 9.12. The lowest BCUT2D eigenvalue weighted by Gasteiger charge is -2.10. The Balaban J connectivity index is 2.70. The van der Waals surface area contributed by atoms with Gasteiger partial charge in [-0.2, -0.15) is 5.26 Å². The second-order valence-electron chi connectivity index (χ2n) is 3.58. The predicted molar refractivity (Wildman–Crippen MR) is 74.0 cm³/mol. The van der Waals surface area contributed by atoms with Gasteiger partial charge in [-0.25, -0.2) is 0 Å². The van der Waals surface area contributed by atoms with Gasteiger partial charge in [-0.3, -0.25) is 4.98 Å². The molecule has 0 N–H and O–H groups in total. The summed E-state index contributed by atoms with van der Waals surface area (Å²) in [5.41, 5.74) is 1.96. The van der Waals surface area contributed by atoms with Crippen molar-refractivity contribution in [1.82, 2.24) is 4.98 Å². The molecule has 0 saturated carbocycles. The molecule has 0 aliphatic heterocycles. The molecule has 90 valence electrons. The molecule has 0 aliphatic carbocycles. The molecule has 0 radical (unpaired) electrons. The number of aromatic nitrogens is 1. The number of hydrogen-bond acceptors (Lipinski definition) is 2. The molecule has 1 heterocycles. The maximum absolute atomic E-state index is 8.81. The van der Waals surface area contributed by atoms with Crippen molar-refractivity contribution in [1.29, 1.82) is 5.26 Å². The average Bonchev–Trinajstić information content (AvgIpc) is 2.32. The van der Waals surface area contributed by atoms with Crippen LogP contribution in [0.5, 0.6) is 0 Å². The fraction of sp³-hybridized carbons (Fsp3) is 0.0769. The van der Waals surface area contributed by atoms with E-state index in [1.807, 2.05) is 0 Å². The van der Waals surface area contributed by atoms with E-state index in [9.17, 15) is 0 Å². The first-order valence-corrected chi connectivity index (χ1v) is 6.22. The van der Waals surface area contributed by atoms with E-state index in [2.05, 4.69) is 11.1 Å². The summed E-state index contributed by atoms with van der Waals surface area (Å²) in [6.45, 7) is 0. The van der Waals surface area contributed by atoms with E-state index in [-0.39, 0.29) is 6.42 Å². The molecule has 0 fully saturated rings. The molecule has 0 atom stereocenters. The predicted octanol–water partition coefficient (Wildman–Crippen LogP) is 4.77. The van der Waals surface area contributed by atoms with Crippen LogP contribution in [0.4, 0.5) is 0 Å². The molecule has 2 rings (SSSR count). The minimum atomic E-state index is 0.175. The van der Waals surface area contributed by atoms with Crippen molar-refractivity contribution >= 4 is 34.8 Å². The maximum Gasteiger partial charge on any atom is 0.0781 e. The van der Waals surface area contributed by atoms with Crippen LogP contribution in [0.15, 0.2) is 30.5 Å². The Labute approximate surface area is 120 Å². The van der Waals surface area contributed by atoms with Crippen molar-refractivity contribution in [3.8, 4) is 17.2 Å². The Kier molecular flexibility index (Phi) is 4.08. The van der Waals surface area contributed by atoms with E-state index < -0.39 is 0 Å². The van der Waals surface area contributed by atoms with Crippen LogP contribution < -0.4 is 0 Å². The number of nitriles is 1. The van der Waals surface area contributed by atoms with Crippen molar-refractivity contribution in [3.05, 3.63) is 51.2 Å². The Hall–Kier alpha value is -1.27. The lowest BCUT2D eigenvalue weighted by molar-refractivity contribution is 1.12. The highest BCUT2D eigenvalue weighted by Crippen LogP contribution is 2.37. The van der Waals surface area contributed by atoms with E-state index in [1.165, 1.54) is 6.20 Å². The molecule has 5 heteroatoms. The van der Waals surface area contributed by atoms with E-state index in [1.54, 1.807) is 24.3 Å². The van der Waals surface area contributed by atoms with Gasteiger partial charge in [0.05, 0.1) is 23.2 Å².